The first-order valence-corrected chi connectivity index (χ1v) is 5.86. The molecule has 1 aliphatic carbocycles. The molecule has 1 unspecified atom stereocenters. The largest absolute Gasteiger partial charge is 0.428 e. The van der Waals surface area contributed by atoms with Gasteiger partial charge in [-0.2, -0.15) is 0 Å². The van der Waals surface area contributed by atoms with E-state index in [0.717, 1.165) is 12.1 Å². The molecule has 0 bridgehead atoms. The third-order valence-corrected chi connectivity index (χ3v) is 3.43. The van der Waals surface area contributed by atoms with Gasteiger partial charge in [0, 0.05) is 12.1 Å². The molecule has 0 radical (unpaired) electrons. The normalized spacial score (nSPS) is 22.8. The highest BCUT2D eigenvalue weighted by molar-refractivity contribution is 5.72. The molecule has 2 heterocycles. The van der Waals surface area contributed by atoms with E-state index >= 15 is 0 Å². The average molecular weight is 217 g/mol. The predicted molar refractivity (Wildman–Crippen MR) is 63.6 cm³/mol. The number of rotatable bonds is 0. The molecule has 84 valence electrons. The van der Waals surface area contributed by atoms with Gasteiger partial charge in [0.15, 0.2) is 0 Å². The molecule has 1 N–H and O–H groups in total. The zero-order chi connectivity index (χ0) is 11.1. The van der Waals surface area contributed by atoms with Crippen LogP contribution in [0.5, 0.6) is 0 Å². The summed E-state index contributed by atoms with van der Waals surface area (Å²) in [5, 5.41) is 3.45. The maximum atomic E-state index is 11.7. The van der Waals surface area contributed by atoms with Gasteiger partial charge in [0.1, 0.15) is 5.76 Å². The summed E-state index contributed by atoms with van der Waals surface area (Å²) in [7, 11) is 0. The first-order valence-electron chi connectivity index (χ1n) is 5.86. The van der Waals surface area contributed by atoms with Crippen molar-refractivity contribution in [2.75, 3.05) is 5.32 Å². The van der Waals surface area contributed by atoms with Crippen molar-refractivity contribution in [1.82, 2.24) is 0 Å². The minimum Gasteiger partial charge on any atom is -0.428 e. The molecule has 0 aromatic carbocycles. The maximum Gasteiger partial charge on any atom is 0.345 e. The van der Waals surface area contributed by atoms with Crippen LogP contribution in [0.25, 0.3) is 6.08 Å². The summed E-state index contributed by atoms with van der Waals surface area (Å²) < 4.78 is 5.12. The van der Waals surface area contributed by atoms with Gasteiger partial charge in [-0.25, -0.2) is 4.79 Å². The van der Waals surface area contributed by atoms with Crippen LogP contribution in [0.2, 0.25) is 0 Å². The van der Waals surface area contributed by atoms with Crippen molar-refractivity contribution in [1.29, 1.82) is 0 Å². The Hall–Kier alpha value is -1.51. The molecule has 0 amide bonds. The number of hydrogen-bond donors (Lipinski definition) is 1. The van der Waals surface area contributed by atoms with E-state index in [0.29, 0.717) is 17.4 Å². The van der Waals surface area contributed by atoms with Gasteiger partial charge in [0.25, 0.3) is 0 Å². The highest BCUT2D eigenvalue weighted by Gasteiger charge is 2.25. The van der Waals surface area contributed by atoms with E-state index in [1.165, 1.54) is 24.8 Å². The summed E-state index contributed by atoms with van der Waals surface area (Å²) >= 11 is 0. The lowest BCUT2D eigenvalue weighted by molar-refractivity contribution is 0.477. The van der Waals surface area contributed by atoms with Crippen LogP contribution in [-0.2, 0) is 0 Å². The molecule has 1 aliphatic heterocycles. The van der Waals surface area contributed by atoms with Gasteiger partial charge >= 0.3 is 5.63 Å². The van der Waals surface area contributed by atoms with Gasteiger partial charge in [0.2, 0.25) is 0 Å². The highest BCUT2D eigenvalue weighted by Crippen LogP contribution is 2.33. The maximum absolute atomic E-state index is 11.7. The molecule has 16 heavy (non-hydrogen) atoms. The Bertz CT molecular complexity index is 513. The molecular weight excluding hydrogens is 202 g/mol. The zero-order valence-corrected chi connectivity index (χ0v) is 9.38. The first kappa shape index (κ1) is 9.70. The van der Waals surface area contributed by atoms with Crippen LogP contribution in [0, 0.1) is 6.92 Å². The van der Waals surface area contributed by atoms with Crippen molar-refractivity contribution < 1.29 is 4.42 Å². The molecule has 3 rings (SSSR count). The Morgan fingerprint density at radius 1 is 1.44 bits per heavy atom. The lowest BCUT2D eigenvalue weighted by Gasteiger charge is -2.31. The standard InChI is InChI=1S/C13H15NO2/c1-8-6-12-10(13(15)16-8)7-9-4-2-3-5-11(9)14-12/h6-7,11,14H,2-5H2,1H3. The van der Waals surface area contributed by atoms with Crippen molar-refractivity contribution in [2.45, 2.75) is 38.6 Å². The summed E-state index contributed by atoms with van der Waals surface area (Å²) in [5.41, 5.74) is 2.76. The van der Waals surface area contributed by atoms with Crippen molar-refractivity contribution >= 4 is 11.8 Å². The SMILES string of the molecule is Cc1cc2c(c(=O)o1)C=C1CCCCC1N2. The van der Waals surface area contributed by atoms with Crippen LogP contribution in [0.1, 0.15) is 37.0 Å². The van der Waals surface area contributed by atoms with Crippen LogP contribution >= 0.6 is 0 Å². The molecule has 0 saturated heterocycles. The zero-order valence-electron chi connectivity index (χ0n) is 9.38. The molecule has 2 aliphatic rings. The highest BCUT2D eigenvalue weighted by atomic mass is 16.4. The van der Waals surface area contributed by atoms with Crippen LogP contribution < -0.4 is 10.9 Å². The Balaban J connectivity index is 2.13. The molecule has 1 aromatic rings. The van der Waals surface area contributed by atoms with Crippen molar-refractivity contribution in [3.63, 3.8) is 0 Å². The summed E-state index contributed by atoms with van der Waals surface area (Å²) in [6.07, 6.45) is 6.80. The fourth-order valence-electron chi connectivity index (χ4n) is 2.63. The third kappa shape index (κ3) is 1.47. The Kier molecular flexibility index (Phi) is 2.13. The molecule has 1 fully saturated rings. The molecule has 1 aromatic heterocycles. The quantitative estimate of drug-likeness (QED) is 0.726. The number of fused-ring (bicyclic) bond motifs is 2. The van der Waals surface area contributed by atoms with Crippen molar-refractivity contribution in [3.05, 3.63) is 33.4 Å². The number of aryl methyl sites for hydroxylation is 1. The summed E-state index contributed by atoms with van der Waals surface area (Å²) in [5.74, 6) is 0.670. The summed E-state index contributed by atoms with van der Waals surface area (Å²) in [4.78, 5) is 11.7. The third-order valence-electron chi connectivity index (χ3n) is 3.43. The monoisotopic (exact) mass is 217 g/mol. The number of nitrogens with one attached hydrogen (secondary N) is 1. The summed E-state index contributed by atoms with van der Waals surface area (Å²) in [6.45, 7) is 1.81. The minimum absolute atomic E-state index is 0.223. The molecule has 1 atom stereocenters. The van der Waals surface area contributed by atoms with E-state index in [1.54, 1.807) is 0 Å². The first-order chi connectivity index (χ1) is 7.74. The van der Waals surface area contributed by atoms with Crippen LogP contribution in [0.3, 0.4) is 0 Å². The van der Waals surface area contributed by atoms with E-state index in [1.807, 2.05) is 19.1 Å². The van der Waals surface area contributed by atoms with Gasteiger partial charge in [-0.1, -0.05) is 6.42 Å². The molecular formula is C13H15NO2. The van der Waals surface area contributed by atoms with Gasteiger partial charge in [-0.05, 0) is 37.8 Å². The van der Waals surface area contributed by atoms with Crippen LogP contribution in [0.15, 0.2) is 20.9 Å². The summed E-state index contributed by atoms with van der Waals surface area (Å²) in [6, 6.07) is 2.35. The Morgan fingerprint density at radius 3 is 3.19 bits per heavy atom. The fraction of sp³-hybridized carbons (Fsp3) is 0.462. The number of hydrogen-bond acceptors (Lipinski definition) is 3. The average Bonchev–Trinajstić information content (AvgIpc) is 2.27. The van der Waals surface area contributed by atoms with Crippen molar-refractivity contribution in [3.8, 4) is 0 Å². The molecule has 0 spiro atoms. The Labute approximate surface area is 94.2 Å². The lowest BCUT2D eigenvalue weighted by atomic mass is 9.86. The van der Waals surface area contributed by atoms with E-state index < -0.39 is 0 Å². The second-order valence-corrected chi connectivity index (χ2v) is 4.63. The van der Waals surface area contributed by atoms with E-state index in [-0.39, 0.29) is 5.63 Å². The molecule has 3 heteroatoms. The molecule has 3 nitrogen and oxygen atoms in total. The van der Waals surface area contributed by atoms with E-state index in [4.69, 9.17) is 4.42 Å². The van der Waals surface area contributed by atoms with Gasteiger partial charge in [-0.3, -0.25) is 0 Å². The second-order valence-electron chi connectivity index (χ2n) is 4.63. The van der Waals surface area contributed by atoms with Gasteiger partial charge < -0.3 is 9.73 Å². The Morgan fingerprint density at radius 2 is 2.31 bits per heavy atom. The molecule has 1 saturated carbocycles. The van der Waals surface area contributed by atoms with Crippen molar-refractivity contribution in [2.24, 2.45) is 0 Å². The number of anilines is 1. The lowest BCUT2D eigenvalue weighted by Crippen LogP contribution is -2.29. The topological polar surface area (TPSA) is 42.2 Å². The van der Waals surface area contributed by atoms with Gasteiger partial charge in [0.05, 0.1) is 11.3 Å². The fourth-order valence-corrected chi connectivity index (χ4v) is 2.63. The van der Waals surface area contributed by atoms with Crippen LogP contribution in [0.4, 0.5) is 5.69 Å². The minimum atomic E-state index is -0.223. The van der Waals surface area contributed by atoms with E-state index in [9.17, 15) is 4.79 Å². The smallest absolute Gasteiger partial charge is 0.345 e. The van der Waals surface area contributed by atoms with Gasteiger partial charge in [-0.15, -0.1) is 0 Å². The van der Waals surface area contributed by atoms with E-state index in [2.05, 4.69) is 5.32 Å². The predicted octanol–water partition coefficient (Wildman–Crippen LogP) is 2.70. The van der Waals surface area contributed by atoms with Crippen LogP contribution in [-0.4, -0.2) is 6.04 Å². The second kappa shape index (κ2) is 3.51.